The van der Waals surface area contributed by atoms with Crippen molar-refractivity contribution < 1.29 is 23.7 Å². The van der Waals surface area contributed by atoms with E-state index in [0.29, 0.717) is 46.2 Å². The lowest BCUT2D eigenvalue weighted by Crippen LogP contribution is -2.46. The van der Waals surface area contributed by atoms with Gasteiger partial charge in [-0.15, -0.1) is 0 Å². The summed E-state index contributed by atoms with van der Waals surface area (Å²) in [5.74, 6) is 4.88. The molecule has 0 aliphatic carbocycles. The standard InChI is InChI=1S/C35H30N6O5/c1-20-30-31(21-16-28(42-2)32(44-4)29(17-21)43-3)40-25-13-9-8-12-24(25)37-33(36-22-14-15-26-27(18-22)46-19-45-26)35(40)38-34(30)41(39-20)23-10-6-5-7-11-23/h5-18,31H,19H2,1-4H3,(H,36,37). The Bertz CT molecular complexity index is 2030. The lowest BCUT2D eigenvalue weighted by molar-refractivity contribution is 0.174. The van der Waals surface area contributed by atoms with E-state index in [1.54, 1.807) is 21.3 Å². The smallest absolute Gasteiger partial charge is 0.231 e. The number of rotatable bonds is 6. The summed E-state index contributed by atoms with van der Waals surface area (Å²) in [6.07, 6.45) is 0. The first-order chi connectivity index (χ1) is 22.6. The van der Waals surface area contributed by atoms with Crippen molar-refractivity contribution in [3.05, 3.63) is 102 Å². The van der Waals surface area contributed by atoms with Crippen molar-refractivity contribution in [3.63, 3.8) is 0 Å². The van der Waals surface area contributed by atoms with Gasteiger partial charge in [0.25, 0.3) is 0 Å². The Morgan fingerprint density at radius 3 is 2.30 bits per heavy atom. The number of ether oxygens (including phenoxy) is 5. The van der Waals surface area contributed by atoms with Crippen LogP contribution in [0.4, 0.5) is 22.9 Å². The fraction of sp³-hybridized carbons (Fsp3) is 0.171. The second-order valence-electron chi connectivity index (χ2n) is 10.9. The van der Waals surface area contributed by atoms with Gasteiger partial charge in [0.05, 0.1) is 50.1 Å². The molecule has 5 aromatic rings. The van der Waals surface area contributed by atoms with Crippen LogP contribution >= 0.6 is 0 Å². The van der Waals surface area contributed by atoms with Crippen LogP contribution in [0.5, 0.6) is 28.7 Å². The van der Waals surface area contributed by atoms with E-state index in [1.807, 2.05) is 90.5 Å². The fourth-order valence-corrected chi connectivity index (χ4v) is 6.23. The first kappa shape index (κ1) is 27.6. The van der Waals surface area contributed by atoms with Crippen LogP contribution in [-0.2, 0) is 0 Å². The van der Waals surface area contributed by atoms with E-state index in [1.165, 1.54) is 0 Å². The van der Waals surface area contributed by atoms with Gasteiger partial charge >= 0.3 is 0 Å². The Kier molecular flexibility index (Phi) is 6.52. The maximum atomic E-state index is 5.81. The van der Waals surface area contributed by atoms with Gasteiger partial charge in [0.1, 0.15) is 0 Å². The fourth-order valence-electron chi connectivity index (χ4n) is 6.23. The number of para-hydroxylation sites is 3. The summed E-state index contributed by atoms with van der Waals surface area (Å²) in [5.41, 5.74) is 6.05. The van der Waals surface area contributed by atoms with Crippen LogP contribution in [0.1, 0.15) is 22.9 Å². The monoisotopic (exact) mass is 614 g/mol. The minimum absolute atomic E-state index is 0.190. The van der Waals surface area contributed by atoms with Crippen LogP contribution in [-0.4, -0.2) is 49.6 Å². The van der Waals surface area contributed by atoms with Crippen LogP contribution in [0.15, 0.2) is 94.9 Å². The summed E-state index contributed by atoms with van der Waals surface area (Å²) in [5, 5.41) is 8.55. The lowest BCUT2D eigenvalue weighted by atomic mass is 9.92. The highest BCUT2D eigenvalue weighted by Crippen LogP contribution is 2.51. The average Bonchev–Trinajstić information content (AvgIpc) is 3.70. The van der Waals surface area contributed by atoms with Crippen molar-refractivity contribution in [3.8, 4) is 34.4 Å². The molecule has 0 saturated heterocycles. The second-order valence-corrected chi connectivity index (χ2v) is 10.9. The molecule has 8 rings (SSSR count). The summed E-state index contributed by atoms with van der Waals surface area (Å²) in [6, 6.07) is 27.3. The van der Waals surface area contributed by atoms with E-state index < -0.39 is 0 Å². The number of amidine groups is 2. The molecule has 4 heterocycles. The molecule has 0 bridgehead atoms. The van der Waals surface area contributed by atoms with Crippen molar-refractivity contribution in [1.82, 2.24) is 9.78 Å². The third kappa shape index (κ3) is 4.31. The summed E-state index contributed by atoms with van der Waals surface area (Å²) < 4.78 is 30.4. The second kappa shape index (κ2) is 10.9. The number of hydrogen-bond acceptors (Lipinski definition) is 10. The third-order valence-electron chi connectivity index (χ3n) is 8.28. The highest BCUT2D eigenvalue weighted by molar-refractivity contribution is 6.51. The zero-order valence-corrected chi connectivity index (χ0v) is 25.6. The molecule has 0 spiro atoms. The molecule has 0 radical (unpaired) electrons. The maximum Gasteiger partial charge on any atom is 0.231 e. The molecule has 3 aliphatic rings. The van der Waals surface area contributed by atoms with Crippen molar-refractivity contribution in [2.24, 2.45) is 9.98 Å². The van der Waals surface area contributed by atoms with Crippen molar-refractivity contribution in [2.45, 2.75) is 13.0 Å². The topological polar surface area (TPSA) is 104 Å². The molecule has 3 aliphatic heterocycles. The molecule has 1 unspecified atom stereocenters. The minimum Gasteiger partial charge on any atom is -0.493 e. The number of aliphatic imine (C=N–C) groups is 2. The molecule has 1 N–H and O–H groups in total. The number of benzene rings is 4. The van der Waals surface area contributed by atoms with Crippen molar-refractivity contribution in [1.29, 1.82) is 0 Å². The molecule has 0 amide bonds. The summed E-state index contributed by atoms with van der Waals surface area (Å²) >= 11 is 0. The van der Waals surface area contributed by atoms with Gasteiger partial charge in [-0.3, -0.25) is 0 Å². The third-order valence-corrected chi connectivity index (χ3v) is 8.28. The number of anilines is 2. The number of aryl methyl sites for hydroxylation is 1. The Hall–Kier alpha value is -5.97. The van der Waals surface area contributed by atoms with Gasteiger partial charge in [-0.2, -0.15) is 5.10 Å². The quantitative estimate of drug-likeness (QED) is 0.225. The van der Waals surface area contributed by atoms with E-state index in [2.05, 4.69) is 16.3 Å². The van der Waals surface area contributed by atoms with Gasteiger partial charge < -0.3 is 33.9 Å². The van der Waals surface area contributed by atoms with E-state index in [0.717, 1.165) is 39.6 Å². The van der Waals surface area contributed by atoms with Gasteiger partial charge in [-0.25, -0.2) is 14.7 Å². The number of aromatic nitrogens is 2. The summed E-state index contributed by atoms with van der Waals surface area (Å²) in [4.78, 5) is 12.6. The molecule has 46 heavy (non-hydrogen) atoms. The minimum atomic E-state index is -0.390. The highest BCUT2D eigenvalue weighted by Gasteiger charge is 2.42. The average molecular weight is 615 g/mol. The van der Waals surface area contributed by atoms with Crippen LogP contribution in [0.3, 0.4) is 0 Å². The molecular formula is C35H30N6O5. The van der Waals surface area contributed by atoms with E-state index in [9.17, 15) is 0 Å². The zero-order chi connectivity index (χ0) is 31.4. The molecule has 0 saturated carbocycles. The van der Waals surface area contributed by atoms with Crippen LogP contribution in [0.25, 0.3) is 5.69 Å². The number of nitrogens with zero attached hydrogens (tertiary/aromatic N) is 5. The number of methoxy groups -OCH3 is 3. The molecule has 11 heteroatoms. The van der Waals surface area contributed by atoms with Crippen LogP contribution in [0, 0.1) is 6.92 Å². The summed E-state index contributed by atoms with van der Waals surface area (Å²) in [6.45, 7) is 2.20. The predicted molar refractivity (Wildman–Crippen MR) is 176 cm³/mol. The molecule has 4 aromatic carbocycles. The Balaban J connectivity index is 1.38. The molecular weight excluding hydrogens is 584 g/mol. The molecule has 0 fully saturated rings. The van der Waals surface area contributed by atoms with Crippen LogP contribution in [0.2, 0.25) is 0 Å². The summed E-state index contributed by atoms with van der Waals surface area (Å²) in [7, 11) is 4.84. The first-order valence-electron chi connectivity index (χ1n) is 14.8. The van der Waals surface area contributed by atoms with Crippen molar-refractivity contribution >= 4 is 34.6 Å². The molecule has 11 nitrogen and oxygen atoms in total. The number of nitrogens with one attached hydrogen (secondary N) is 1. The van der Waals surface area contributed by atoms with Gasteiger partial charge in [-0.1, -0.05) is 30.3 Å². The predicted octanol–water partition coefficient (Wildman–Crippen LogP) is 6.73. The Morgan fingerprint density at radius 1 is 0.804 bits per heavy atom. The van der Waals surface area contributed by atoms with Crippen molar-refractivity contribution in [2.75, 3.05) is 38.3 Å². The van der Waals surface area contributed by atoms with Gasteiger partial charge in [0.2, 0.25) is 12.5 Å². The molecule has 1 aromatic heterocycles. The highest BCUT2D eigenvalue weighted by atomic mass is 16.7. The van der Waals surface area contributed by atoms with E-state index in [-0.39, 0.29) is 12.8 Å². The Morgan fingerprint density at radius 2 is 1.54 bits per heavy atom. The maximum absolute atomic E-state index is 5.81. The molecule has 230 valence electrons. The SMILES string of the molecule is COc1cc(C2c3c(C)nn(-c4ccccc4)c3N=C3C(Nc4ccc5c(c4)OCO5)=Nc4ccccc4N32)cc(OC)c1OC. The largest absolute Gasteiger partial charge is 0.493 e. The van der Waals surface area contributed by atoms with Crippen LogP contribution < -0.4 is 33.9 Å². The molecule has 1 atom stereocenters. The van der Waals surface area contributed by atoms with E-state index >= 15 is 0 Å². The number of fused-ring (bicyclic) bond motifs is 5. The van der Waals surface area contributed by atoms with E-state index in [4.69, 9.17) is 38.8 Å². The van der Waals surface area contributed by atoms with Gasteiger partial charge in [0, 0.05) is 17.3 Å². The first-order valence-corrected chi connectivity index (χ1v) is 14.8. The normalized spacial score (nSPS) is 15.7. The Labute approximate surface area is 265 Å². The van der Waals surface area contributed by atoms with Gasteiger partial charge in [-0.05, 0) is 61.0 Å². The van der Waals surface area contributed by atoms with Gasteiger partial charge in [0.15, 0.2) is 40.5 Å². The zero-order valence-electron chi connectivity index (χ0n) is 25.6. The number of hydrogen-bond donors (Lipinski definition) is 1. The lowest BCUT2D eigenvalue weighted by Gasteiger charge is -2.40.